The highest BCUT2D eigenvalue weighted by molar-refractivity contribution is 8.44. The molecule has 3 unspecified atom stereocenters. The number of guanidine groups is 1. The molecule has 2 aromatic heterocycles. The van der Waals surface area contributed by atoms with Crippen LogP contribution in [0.25, 0.3) is 11.2 Å². The monoisotopic (exact) mass is 636 g/mol. The normalized spacial score (nSPS) is 36.9. The van der Waals surface area contributed by atoms with Crippen molar-refractivity contribution in [3.05, 3.63) is 18.3 Å². The fraction of sp³-hybridized carbons (Fsp3) is 0.529. The number of aliphatic imine (C=N–C) groups is 1. The van der Waals surface area contributed by atoms with E-state index >= 15 is 4.39 Å². The summed E-state index contributed by atoms with van der Waals surface area (Å²) in [6, 6.07) is -1.23. The zero-order valence-electron chi connectivity index (χ0n) is 19.9. The number of ether oxygens (including phenoxy) is 1. The molecule has 4 aliphatic heterocycles. The van der Waals surface area contributed by atoms with E-state index in [1.807, 2.05) is 0 Å². The lowest BCUT2D eigenvalue weighted by molar-refractivity contribution is -0.119. The van der Waals surface area contributed by atoms with Crippen LogP contribution in [0.3, 0.4) is 0 Å². The van der Waals surface area contributed by atoms with Gasteiger partial charge in [-0.2, -0.15) is 10.0 Å². The molecule has 0 aliphatic carbocycles. The van der Waals surface area contributed by atoms with Gasteiger partial charge in [0.05, 0.1) is 19.4 Å². The molecule has 2 bridgehead atoms. The van der Waals surface area contributed by atoms with Crippen LogP contribution in [0.5, 0.6) is 0 Å². The van der Waals surface area contributed by atoms with E-state index in [2.05, 4.69) is 47.8 Å². The zero-order valence-corrected chi connectivity index (χ0v) is 23.4. The number of imidazole rings is 1. The van der Waals surface area contributed by atoms with Gasteiger partial charge in [-0.05, 0) is 11.8 Å². The van der Waals surface area contributed by atoms with Gasteiger partial charge in [0, 0.05) is 6.54 Å². The van der Waals surface area contributed by atoms with Gasteiger partial charge in [-0.3, -0.25) is 24.6 Å². The Morgan fingerprint density at radius 3 is 2.98 bits per heavy atom. The third-order valence-electron chi connectivity index (χ3n) is 6.04. The molecule has 1 fully saturated rings. The first-order valence-corrected chi connectivity index (χ1v) is 16.7. The lowest BCUT2D eigenvalue weighted by atomic mass is 10.1. The molecule has 4 aliphatic rings. The minimum Gasteiger partial charge on any atom is -0.345 e. The number of thiol groups is 1. The van der Waals surface area contributed by atoms with Crippen molar-refractivity contribution >= 4 is 66.4 Å². The maximum absolute atomic E-state index is 15.8. The Morgan fingerprint density at radius 1 is 1.32 bits per heavy atom. The molecule has 0 spiro atoms. The highest BCUT2D eigenvalue weighted by Gasteiger charge is 2.55. The van der Waals surface area contributed by atoms with Crippen molar-refractivity contribution < 1.29 is 41.5 Å². The number of hydrogen-bond acceptors (Lipinski definition) is 15. The third kappa shape index (κ3) is 5.34. The number of carbonyl (C=O) groups is 1. The third-order valence-corrected chi connectivity index (χ3v) is 9.25. The van der Waals surface area contributed by atoms with Crippen molar-refractivity contribution in [2.45, 2.75) is 43.8 Å². The number of aromatic nitrogens is 4. The predicted molar refractivity (Wildman–Crippen MR) is 137 cm³/mol. The summed E-state index contributed by atoms with van der Waals surface area (Å²) in [6.07, 6.45) is -3.94. The molecular formula is C17H19FN10O8P2S2. The number of amidine groups is 1. The summed E-state index contributed by atoms with van der Waals surface area (Å²) in [6.45, 7) is -9.26. The average Bonchev–Trinajstić information content (AvgIpc) is 3.55. The number of nitrogens with zero attached hydrogens (tertiary/aromatic N) is 8. The first kappa shape index (κ1) is 27.8. The van der Waals surface area contributed by atoms with Gasteiger partial charge in [-0.25, -0.2) is 23.9 Å². The first-order valence-electron chi connectivity index (χ1n) is 11.4. The Bertz CT molecular complexity index is 1540. The SMILES string of the molecule is N=C1N=C2C(N=NN2[C@@H]2O[C@@H]3COP(O)(=S)OCCn4c(nc5cncnc54)COP(=O)(S)O[C@@H]2[C@H]3F)C(=O)N1. The second-order valence-electron chi connectivity index (χ2n) is 8.59. The van der Waals surface area contributed by atoms with E-state index < -0.39 is 69.2 Å². The maximum atomic E-state index is 15.8. The second kappa shape index (κ2) is 10.5. The summed E-state index contributed by atoms with van der Waals surface area (Å²) >= 11 is 9.09. The Morgan fingerprint density at radius 2 is 2.15 bits per heavy atom. The highest BCUT2D eigenvalue weighted by atomic mass is 32.7. The van der Waals surface area contributed by atoms with Crippen LogP contribution in [-0.4, -0.2) is 91.0 Å². The molecule has 40 heavy (non-hydrogen) atoms. The summed E-state index contributed by atoms with van der Waals surface area (Å²) in [5.74, 6) is -1.10. The fourth-order valence-corrected chi connectivity index (χ4v) is 6.80. The maximum Gasteiger partial charge on any atom is 0.387 e. The molecule has 0 radical (unpaired) electrons. The van der Waals surface area contributed by atoms with Crippen molar-refractivity contribution in [1.82, 2.24) is 29.8 Å². The summed E-state index contributed by atoms with van der Waals surface area (Å²) in [7, 11) is 0. The van der Waals surface area contributed by atoms with E-state index in [-0.39, 0.29) is 24.8 Å². The number of alkyl halides is 1. The number of rotatable bonds is 1. The minimum absolute atomic E-state index is 0.0917. The summed E-state index contributed by atoms with van der Waals surface area (Å²) < 4.78 is 58.1. The van der Waals surface area contributed by atoms with Gasteiger partial charge in [-0.15, -0.1) is 5.11 Å². The second-order valence-corrected chi connectivity index (χ2v) is 14.3. The van der Waals surface area contributed by atoms with Crippen molar-refractivity contribution in [3.63, 3.8) is 0 Å². The van der Waals surface area contributed by atoms with E-state index in [0.717, 1.165) is 5.01 Å². The molecule has 7 atom stereocenters. The van der Waals surface area contributed by atoms with E-state index in [1.165, 1.54) is 12.5 Å². The molecule has 6 rings (SSSR count). The minimum atomic E-state index is -4.33. The molecule has 3 N–H and O–H groups in total. The first-order chi connectivity index (χ1) is 19.0. The molecule has 0 aromatic carbocycles. The van der Waals surface area contributed by atoms with Crippen LogP contribution in [0.4, 0.5) is 4.39 Å². The molecule has 23 heteroatoms. The summed E-state index contributed by atoms with van der Waals surface area (Å²) in [4.78, 5) is 39.2. The molecule has 214 valence electrons. The lowest BCUT2D eigenvalue weighted by Crippen LogP contribution is -2.52. The molecule has 18 nitrogen and oxygen atoms in total. The predicted octanol–water partition coefficient (Wildman–Crippen LogP) is 0.607. The number of amides is 1. The van der Waals surface area contributed by atoms with Crippen LogP contribution in [0.2, 0.25) is 0 Å². The van der Waals surface area contributed by atoms with E-state index in [0.29, 0.717) is 11.2 Å². The van der Waals surface area contributed by atoms with Crippen LogP contribution < -0.4 is 5.32 Å². The number of halogens is 1. The zero-order chi connectivity index (χ0) is 28.2. The van der Waals surface area contributed by atoms with Gasteiger partial charge in [-0.1, -0.05) is 17.5 Å². The van der Waals surface area contributed by atoms with Gasteiger partial charge < -0.3 is 23.2 Å². The van der Waals surface area contributed by atoms with E-state index in [9.17, 15) is 14.3 Å². The number of fused-ring (bicyclic) bond motifs is 6. The molecule has 1 saturated heterocycles. The lowest BCUT2D eigenvalue weighted by Gasteiger charge is -2.29. The van der Waals surface area contributed by atoms with Crippen LogP contribution in [0.15, 0.2) is 27.9 Å². The smallest absolute Gasteiger partial charge is 0.345 e. The average molecular weight is 636 g/mol. The van der Waals surface area contributed by atoms with Crippen LogP contribution >= 0.6 is 25.8 Å². The highest BCUT2D eigenvalue weighted by Crippen LogP contribution is 2.57. The van der Waals surface area contributed by atoms with Crippen LogP contribution in [0, 0.1) is 5.41 Å². The van der Waals surface area contributed by atoms with Crippen molar-refractivity contribution in [2.24, 2.45) is 15.3 Å². The van der Waals surface area contributed by atoms with Gasteiger partial charge in [0.1, 0.15) is 36.5 Å². The van der Waals surface area contributed by atoms with Crippen LogP contribution in [-0.2, 0) is 57.1 Å². The largest absolute Gasteiger partial charge is 0.387 e. The molecule has 2 aromatic rings. The summed E-state index contributed by atoms with van der Waals surface area (Å²) in [5.41, 5.74) is 0.793. The number of nitrogens with one attached hydrogen (secondary N) is 2. The Kier molecular flexibility index (Phi) is 7.31. The molecule has 0 saturated carbocycles. The van der Waals surface area contributed by atoms with E-state index in [1.54, 1.807) is 4.57 Å². The Balaban J connectivity index is 1.33. The molecule has 1 amide bonds. The van der Waals surface area contributed by atoms with Crippen molar-refractivity contribution in [2.75, 3.05) is 13.2 Å². The molecule has 6 heterocycles. The van der Waals surface area contributed by atoms with Gasteiger partial charge in [0.2, 0.25) is 12.0 Å². The van der Waals surface area contributed by atoms with Crippen LogP contribution in [0.1, 0.15) is 5.82 Å². The van der Waals surface area contributed by atoms with Crippen molar-refractivity contribution in [3.8, 4) is 0 Å². The Hall–Kier alpha value is -2.32. The fourth-order valence-electron chi connectivity index (χ4n) is 4.30. The molecular weight excluding hydrogens is 617 g/mol. The van der Waals surface area contributed by atoms with E-state index in [4.69, 9.17) is 40.0 Å². The van der Waals surface area contributed by atoms with Gasteiger partial charge in [0.15, 0.2) is 23.9 Å². The van der Waals surface area contributed by atoms with Crippen molar-refractivity contribution in [1.29, 1.82) is 5.41 Å². The topological polar surface area (TPSA) is 220 Å². The standard InChI is InChI=1S/C17H19FN10O8P2S2/c18-10-8-4-33-37(30,39)32-2-1-27-9(22-7-3-20-6-21-13(7)27)5-34-38(31,40)36-12(10)16(35-8)28-14-11(25-26-28)15(29)24-17(19)23-14/h3,6,8,10-12,16H,1-2,4-5H2,(H,30,39)(H,31,40)(H2,19,24,29)/t8-,10+,11?,12-,16-,37?,38?/m1/s1. The number of hydrogen-bond donors (Lipinski definition) is 4. The quantitative estimate of drug-likeness (QED) is 0.249. The Labute approximate surface area is 233 Å². The van der Waals surface area contributed by atoms with Gasteiger partial charge >= 0.3 is 13.5 Å². The summed E-state index contributed by atoms with van der Waals surface area (Å²) in [5, 5.41) is 18.5. The van der Waals surface area contributed by atoms with Gasteiger partial charge in [0.25, 0.3) is 5.91 Å². The number of carbonyl (C=O) groups excluding carboxylic acids is 1.